The molecule has 4 nitrogen and oxygen atoms in total. The van der Waals surface area contributed by atoms with Crippen LogP contribution in [0.5, 0.6) is 0 Å². The van der Waals surface area contributed by atoms with Crippen molar-refractivity contribution in [1.29, 1.82) is 0 Å². The van der Waals surface area contributed by atoms with Gasteiger partial charge in [-0.2, -0.15) is 0 Å². The molecule has 0 bridgehead atoms. The number of benzene rings is 1. The average molecular weight is 387 g/mol. The zero-order valence-electron chi connectivity index (χ0n) is 17.1. The minimum atomic E-state index is -0.551. The Labute approximate surface area is 166 Å². The molecule has 1 heterocycles. The molecule has 146 valence electrons. The number of rotatable bonds is 6. The lowest BCUT2D eigenvalue weighted by Gasteiger charge is -2.27. The third kappa shape index (κ3) is 5.67. The summed E-state index contributed by atoms with van der Waals surface area (Å²) >= 11 is 1.62. The summed E-state index contributed by atoms with van der Waals surface area (Å²) in [5, 5.41) is 4.92. The van der Waals surface area contributed by atoms with Gasteiger partial charge in [-0.25, -0.2) is 0 Å². The van der Waals surface area contributed by atoms with Gasteiger partial charge in [-0.1, -0.05) is 52.8 Å². The van der Waals surface area contributed by atoms with Gasteiger partial charge >= 0.3 is 0 Å². The summed E-state index contributed by atoms with van der Waals surface area (Å²) in [6.45, 7) is 10.9. The predicted molar refractivity (Wildman–Crippen MR) is 112 cm³/mol. The molecule has 0 saturated carbocycles. The summed E-state index contributed by atoms with van der Waals surface area (Å²) in [6.07, 6.45) is 0. The van der Waals surface area contributed by atoms with Crippen molar-refractivity contribution < 1.29 is 9.59 Å². The number of hydrogen-bond donors (Lipinski definition) is 1. The maximum Gasteiger partial charge on any atom is 0.251 e. The molecule has 5 heteroatoms. The van der Waals surface area contributed by atoms with Crippen LogP contribution in [0.25, 0.3) is 0 Å². The number of carbonyl (C=O) groups is 2. The van der Waals surface area contributed by atoms with Gasteiger partial charge in [0.25, 0.3) is 5.91 Å². The molecular formula is C22H30N2O2S. The summed E-state index contributed by atoms with van der Waals surface area (Å²) < 4.78 is 0. The predicted octanol–water partition coefficient (Wildman–Crippen LogP) is 4.46. The third-order valence-electron chi connectivity index (χ3n) is 4.58. The van der Waals surface area contributed by atoms with Gasteiger partial charge in [0.15, 0.2) is 0 Å². The second-order valence-corrected chi connectivity index (χ2v) is 9.33. The Morgan fingerprint density at radius 2 is 1.74 bits per heavy atom. The van der Waals surface area contributed by atoms with E-state index in [0.29, 0.717) is 12.1 Å². The lowest BCUT2D eigenvalue weighted by atomic mass is 9.86. The van der Waals surface area contributed by atoms with Crippen LogP contribution in [0.1, 0.15) is 55.4 Å². The lowest BCUT2D eigenvalue weighted by Crippen LogP contribution is -2.50. The van der Waals surface area contributed by atoms with Crippen LogP contribution in [0.15, 0.2) is 41.8 Å². The molecule has 0 spiro atoms. The van der Waals surface area contributed by atoms with Crippen LogP contribution in [0.2, 0.25) is 0 Å². The van der Waals surface area contributed by atoms with Crippen LogP contribution in [0.3, 0.4) is 0 Å². The van der Waals surface area contributed by atoms with Crippen LogP contribution in [-0.2, 0) is 16.8 Å². The number of hydrogen-bond acceptors (Lipinski definition) is 3. The number of thiophene rings is 1. The van der Waals surface area contributed by atoms with Crippen molar-refractivity contribution >= 4 is 23.2 Å². The van der Waals surface area contributed by atoms with Gasteiger partial charge in [-0.05, 0) is 40.5 Å². The highest BCUT2D eigenvalue weighted by Gasteiger charge is 2.27. The van der Waals surface area contributed by atoms with Crippen molar-refractivity contribution in [2.75, 3.05) is 7.05 Å². The van der Waals surface area contributed by atoms with Crippen LogP contribution in [-0.4, -0.2) is 29.8 Å². The fourth-order valence-electron chi connectivity index (χ4n) is 2.81. The number of nitrogens with one attached hydrogen (secondary N) is 1. The van der Waals surface area contributed by atoms with E-state index in [1.54, 1.807) is 23.3 Å². The number of nitrogens with zero attached hydrogens (tertiary/aromatic N) is 1. The summed E-state index contributed by atoms with van der Waals surface area (Å²) in [6, 6.07) is 11.0. The molecule has 1 aromatic carbocycles. The molecule has 0 saturated heterocycles. The molecule has 0 aliphatic rings. The van der Waals surface area contributed by atoms with Gasteiger partial charge in [0, 0.05) is 17.5 Å². The van der Waals surface area contributed by atoms with Gasteiger partial charge in [-0.15, -0.1) is 11.3 Å². The van der Waals surface area contributed by atoms with Crippen LogP contribution in [0, 0.1) is 5.92 Å². The monoisotopic (exact) mass is 386 g/mol. The molecular weight excluding hydrogens is 356 g/mol. The standard InChI is InChI=1S/C22H30N2O2S/c1-15(2)19(21(26)24(6)14-18-8-7-13-27-18)23-20(25)16-9-11-17(12-10-16)22(3,4)5/h7-13,15,19H,14H2,1-6H3,(H,23,25). The molecule has 27 heavy (non-hydrogen) atoms. The Balaban J connectivity index is 2.08. The molecule has 1 atom stereocenters. The van der Waals surface area contributed by atoms with E-state index in [0.717, 1.165) is 4.88 Å². The summed E-state index contributed by atoms with van der Waals surface area (Å²) in [7, 11) is 1.78. The normalized spacial score (nSPS) is 12.7. The lowest BCUT2D eigenvalue weighted by molar-refractivity contribution is -0.133. The van der Waals surface area contributed by atoms with Crippen LogP contribution in [0.4, 0.5) is 0 Å². The van der Waals surface area contributed by atoms with Crippen LogP contribution >= 0.6 is 11.3 Å². The third-order valence-corrected chi connectivity index (χ3v) is 5.44. The molecule has 1 N–H and O–H groups in total. The quantitative estimate of drug-likeness (QED) is 0.797. The van der Waals surface area contributed by atoms with E-state index in [2.05, 4.69) is 26.1 Å². The van der Waals surface area contributed by atoms with Crippen molar-refractivity contribution in [2.24, 2.45) is 5.92 Å². The summed E-state index contributed by atoms with van der Waals surface area (Å²) in [5.74, 6) is -0.286. The van der Waals surface area contributed by atoms with E-state index < -0.39 is 6.04 Å². The smallest absolute Gasteiger partial charge is 0.251 e. The Morgan fingerprint density at radius 3 is 2.22 bits per heavy atom. The van der Waals surface area contributed by atoms with Crippen LogP contribution < -0.4 is 5.32 Å². The molecule has 0 aliphatic heterocycles. The van der Waals surface area contributed by atoms with Gasteiger partial charge in [-0.3, -0.25) is 9.59 Å². The highest BCUT2D eigenvalue weighted by molar-refractivity contribution is 7.09. The van der Waals surface area contributed by atoms with Crippen molar-refractivity contribution in [3.8, 4) is 0 Å². The number of amides is 2. The van der Waals surface area contributed by atoms with Crippen molar-refractivity contribution in [2.45, 2.75) is 52.6 Å². The van der Waals surface area contributed by atoms with Gasteiger partial charge < -0.3 is 10.2 Å². The van der Waals surface area contributed by atoms with E-state index in [4.69, 9.17) is 0 Å². The first-order valence-electron chi connectivity index (χ1n) is 9.28. The molecule has 1 unspecified atom stereocenters. The summed E-state index contributed by atoms with van der Waals surface area (Å²) in [4.78, 5) is 28.4. The SMILES string of the molecule is CC(C)C(NC(=O)c1ccc(C(C)(C)C)cc1)C(=O)N(C)Cc1cccs1. The number of carbonyl (C=O) groups excluding carboxylic acids is 2. The second kappa shape index (κ2) is 8.70. The van der Waals surface area contributed by atoms with Crippen molar-refractivity contribution in [3.63, 3.8) is 0 Å². The van der Waals surface area contributed by atoms with Crippen molar-refractivity contribution in [1.82, 2.24) is 10.2 Å². The van der Waals surface area contributed by atoms with E-state index >= 15 is 0 Å². The van der Waals surface area contributed by atoms with Gasteiger partial charge in [0.05, 0.1) is 6.54 Å². The van der Waals surface area contributed by atoms with E-state index in [1.807, 2.05) is 55.6 Å². The largest absolute Gasteiger partial charge is 0.340 e. The highest BCUT2D eigenvalue weighted by atomic mass is 32.1. The molecule has 2 rings (SSSR count). The molecule has 1 aromatic heterocycles. The average Bonchev–Trinajstić information content (AvgIpc) is 3.10. The van der Waals surface area contributed by atoms with Crippen molar-refractivity contribution in [3.05, 3.63) is 57.8 Å². The number of likely N-dealkylation sites (N-methyl/N-ethyl adjacent to an activating group) is 1. The minimum Gasteiger partial charge on any atom is -0.340 e. The zero-order valence-corrected chi connectivity index (χ0v) is 17.9. The zero-order chi connectivity index (χ0) is 20.2. The van der Waals surface area contributed by atoms with E-state index in [9.17, 15) is 9.59 Å². The Bertz CT molecular complexity index is 759. The fourth-order valence-corrected chi connectivity index (χ4v) is 3.57. The first-order valence-corrected chi connectivity index (χ1v) is 10.2. The fraction of sp³-hybridized carbons (Fsp3) is 0.455. The Hall–Kier alpha value is -2.14. The first-order chi connectivity index (χ1) is 12.6. The van der Waals surface area contributed by atoms with Gasteiger partial charge in [0.2, 0.25) is 5.91 Å². The highest BCUT2D eigenvalue weighted by Crippen LogP contribution is 2.22. The second-order valence-electron chi connectivity index (χ2n) is 8.30. The molecule has 2 aromatic rings. The maximum atomic E-state index is 12.9. The molecule has 0 radical (unpaired) electrons. The molecule has 2 amide bonds. The van der Waals surface area contributed by atoms with E-state index in [-0.39, 0.29) is 23.1 Å². The Kier molecular flexibility index (Phi) is 6.82. The van der Waals surface area contributed by atoms with E-state index in [1.165, 1.54) is 5.56 Å². The minimum absolute atomic E-state index is 0.00100. The topological polar surface area (TPSA) is 49.4 Å². The molecule has 0 aliphatic carbocycles. The maximum absolute atomic E-state index is 12.9. The molecule has 0 fully saturated rings. The van der Waals surface area contributed by atoms with Gasteiger partial charge in [0.1, 0.15) is 6.04 Å². The Morgan fingerprint density at radius 1 is 1.11 bits per heavy atom. The first kappa shape index (κ1) is 21.2. The summed E-state index contributed by atoms with van der Waals surface area (Å²) in [5.41, 5.74) is 1.78.